The second-order valence-corrected chi connectivity index (χ2v) is 6.72. The monoisotopic (exact) mass is 410 g/mol. The first kappa shape index (κ1) is 19.4. The van der Waals surface area contributed by atoms with E-state index in [4.69, 9.17) is 9.47 Å². The minimum absolute atomic E-state index is 0.0707. The highest BCUT2D eigenvalue weighted by atomic mass is 19.2. The van der Waals surface area contributed by atoms with Crippen LogP contribution in [0.4, 0.5) is 14.6 Å². The van der Waals surface area contributed by atoms with Crippen LogP contribution in [0.15, 0.2) is 47.3 Å². The highest BCUT2D eigenvalue weighted by Crippen LogP contribution is 2.28. The topological polar surface area (TPSA) is 80.4 Å². The van der Waals surface area contributed by atoms with Crippen LogP contribution in [0.5, 0.6) is 17.4 Å². The lowest BCUT2D eigenvalue weighted by atomic mass is 10.1. The number of halogens is 2. The van der Waals surface area contributed by atoms with E-state index in [1.54, 1.807) is 22.8 Å². The van der Waals surface area contributed by atoms with Crippen molar-refractivity contribution in [1.82, 2.24) is 9.55 Å². The van der Waals surface area contributed by atoms with Gasteiger partial charge in [0, 0.05) is 32.3 Å². The van der Waals surface area contributed by atoms with Gasteiger partial charge in [0.25, 0.3) is 0 Å². The molecule has 1 aliphatic rings. The van der Waals surface area contributed by atoms with E-state index >= 15 is 0 Å². The van der Waals surface area contributed by atoms with Gasteiger partial charge in [0.05, 0.1) is 5.56 Å². The van der Waals surface area contributed by atoms with Gasteiger partial charge in [0.15, 0.2) is 11.6 Å². The van der Waals surface area contributed by atoms with Crippen molar-refractivity contribution in [3.8, 4) is 23.4 Å². The second-order valence-electron chi connectivity index (χ2n) is 6.72. The molecule has 0 N–H and O–H groups in total. The summed E-state index contributed by atoms with van der Waals surface area (Å²) in [6.45, 7) is 1.40. The summed E-state index contributed by atoms with van der Waals surface area (Å²) in [6, 6.07) is 11.6. The predicted octanol–water partition coefficient (Wildman–Crippen LogP) is 3.21. The summed E-state index contributed by atoms with van der Waals surface area (Å²) < 4.78 is 39.1. The number of hydrogen-bond acceptors (Lipinski definition) is 6. The summed E-state index contributed by atoms with van der Waals surface area (Å²) >= 11 is 0. The maximum atomic E-state index is 13.4. The first-order valence-electron chi connectivity index (χ1n) is 9.06. The second kappa shape index (κ2) is 7.83. The number of aromatic nitrogens is 2. The third-order valence-electron chi connectivity index (χ3n) is 4.69. The van der Waals surface area contributed by atoms with Crippen LogP contribution in [-0.2, 0) is 13.2 Å². The molecule has 0 unspecified atom stereocenters. The highest BCUT2D eigenvalue weighted by Gasteiger charge is 2.19. The molecule has 0 atom stereocenters. The Hall–Kier alpha value is -3.93. The van der Waals surface area contributed by atoms with Crippen LogP contribution in [0.2, 0.25) is 0 Å². The summed E-state index contributed by atoms with van der Waals surface area (Å²) in [5.41, 5.74) is 0.474. The molecule has 0 radical (unpaired) electrons. The number of nitrogens with zero attached hydrogens (tertiary/aromatic N) is 4. The Morgan fingerprint density at radius 2 is 1.97 bits per heavy atom. The summed E-state index contributed by atoms with van der Waals surface area (Å²) in [6.07, 6.45) is 0. The zero-order chi connectivity index (χ0) is 21.3. The van der Waals surface area contributed by atoms with Crippen LogP contribution in [0, 0.1) is 23.0 Å². The van der Waals surface area contributed by atoms with Crippen LogP contribution < -0.4 is 20.1 Å². The third-order valence-corrected chi connectivity index (χ3v) is 4.69. The van der Waals surface area contributed by atoms with Gasteiger partial charge in [-0.3, -0.25) is 4.57 Å². The van der Waals surface area contributed by atoms with Crippen molar-refractivity contribution < 1.29 is 18.3 Å². The molecule has 0 spiro atoms. The molecule has 30 heavy (non-hydrogen) atoms. The Kier molecular flexibility index (Phi) is 5.06. The highest BCUT2D eigenvalue weighted by molar-refractivity contribution is 5.48. The van der Waals surface area contributed by atoms with E-state index in [1.807, 2.05) is 18.0 Å². The number of rotatable bonds is 5. The van der Waals surface area contributed by atoms with E-state index in [9.17, 15) is 18.8 Å². The first-order chi connectivity index (χ1) is 14.4. The van der Waals surface area contributed by atoms with Gasteiger partial charge in [-0.25, -0.2) is 13.6 Å². The lowest BCUT2D eigenvalue weighted by Gasteiger charge is -2.13. The summed E-state index contributed by atoms with van der Waals surface area (Å²) in [7, 11) is 1.88. The summed E-state index contributed by atoms with van der Waals surface area (Å²) in [4.78, 5) is 18.0. The molecule has 0 saturated heterocycles. The Morgan fingerprint density at radius 3 is 2.73 bits per heavy atom. The molecule has 4 rings (SSSR count). The van der Waals surface area contributed by atoms with Gasteiger partial charge in [-0.15, -0.1) is 0 Å². The maximum absolute atomic E-state index is 13.4. The Morgan fingerprint density at radius 1 is 1.13 bits per heavy atom. The van der Waals surface area contributed by atoms with Crippen molar-refractivity contribution in [3.05, 3.63) is 75.7 Å². The SMILES string of the molecule is CN1CCn2c1cc(OCc1ccc(Oc3ccc(F)c(F)c3)c(C#N)c1)nc2=O. The van der Waals surface area contributed by atoms with Crippen LogP contribution in [0.3, 0.4) is 0 Å². The minimum Gasteiger partial charge on any atom is -0.473 e. The molecule has 0 aliphatic carbocycles. The smallest absolute Gasteiger partial charge is 0.352 e. The summed E-state index contributed by atoms with van der Waals surface area (Å²) in [5, 5.41) is 9.41. The molecule has 2 heterocycles. The van der Waals surface area contributed by atoms with Gasteiger partial charge in [-0.05, 0) is 29.8 Å². The largest absolute Gasteiger partial charge is 0.473 e. The molecule has 0 fully saturated rings. The molecule has 0 bridgehead atoms. The molecule has 7 nitrogen and oxygen atoms in total. The Labute approximate surface area is 170 Å². The fraction of sp³-hybridized carbons (Fsp3) is 0.190. The lowest BCUT2D eigenvalue weighted by Crippen LogP contribution is -2.22. The van der Waals surface area contributed by atoms with Gasteiger partial charge in [0.2, 0.25) is 5.88 Å². The molecule has 152 valence electrons. The molecule has 1 aliphatic heterocycles. The van der Waals surface area contributed by atoms with Crippen LogP contribution in [0.25, 0.3) is 0 Å². The third kappa shape index (κ3) is 3.80. The van der Waals surface area contributed by atoms with Crippen molar-refractivity contribution in [2.45, 2.75) is 13.2 Å². The van der Waals surface area contributed by atoms with Crippen LogP contribution in [0.1, 0.15) is 11.1 Å². The molecule has 1 aromatic heterocycles. The number of benzene rings is 2. The van der Waals surface area contributed by atoms with E-state index in [0.717, 1.165) is 24.5 Å². The van der Waals surface area contributed by atoms with Crippen LogP contribution >= 0.6 is 0 Å². The van der Waals surface area contributed by atoms with E-state index in [1.165, 1.54) is 12.1 Å². The van der Waals surface area contributed by atoms with Crippen molar-refractivity contribution in [2.24, 2.45) is 0 Å². The van der Waals surface area contributed by atoms with E-state index in [2.05, 4.69) is 4.98 Å². The normalized spacial score (nSPS) is 12.4. The number of hydrogen-bond donors (Lipinski definition) is 0. The van der Waals surface area contributed by atoms with Gasteiger partial charge in [-0.2, -0.15) is 10.2 Å². The Bertz CT molecular complexity index is 1220. The number of likely N-dealkylation sites (N-methyl/N-ethyl adjacent to an activating group) is 1. The molecule has 3 aromatic rings. The lowest BCUT2D eigenvalue weighted by molar-refractivity contribution is 0.291. The van der Waals surface area contributed by atoms with E-state index < -0.39 is 11.6 Å². The van der Waals surface area contributed by atoms with Gasteiger partial charge in [0.1, 0.15) is 30.0 Å². The summed E-state index contributed by atoms with van der Waals surface area (Å²) in [5.74, 6) is -0.830. The average molecular weight is 410 g/mol. The molecule has 0 saturated carbocycles. The van der Waals surface area contributed by atoms with Crippen molar-refractivity contribution in [1.29, 1.82) is 5.26 Å². The van der Waals surface area contributed by atoms with Crippen molar-refractivity contribution >= 4 is 5.82 Å². The fourth-order valence-corrected chi connectivity index (χ4v) is 3.11. The zero-order valence-corrected chi connectivity index (χ0v) is 15.9. The number of anilines is 1. The van der Waals surface area contributed by atoms with E-state index in [-0.39, 0.29) is 35.2 Å². The number of nitriles is 1. The number of fused-ring (bicyclic) bond motifs is 1. The predicted molar refractivity (Wildman–Crippen MR) is 104 cm³/mol. The molecule has 9 heteroatoms. The van der Waals surface area contributed by atoms with Gasteiger partial charge >= 0.3 is 5.69 Å². The van der Waals surface area contributed by atoms with Gasteiger partial charge in [-0.1, -0.05) is 6.07 Å². The quantitative estimate of drug-likeness (QED) is 0.643. The van der Waals surface area contributed by atoms with Crippen LogP contribution in [-0.4, -0.2) is 23.1 Å². The minimum atomic E-state index is -1.04. The standard InChI is InChI=1S/C21H16F2N4O3/c1-26-6-7-27-20(26)10-19(25-21(27)28)29-12-13-2-5-18(14(8-13)11-24)30-15-3-4-16(22)17(23)9-15/h2-5,8-10H,6-7,12H2,1H3. The van der Waals surface area contributed by atoms with Gasteiger partial charge < -0.3 is 14.4 Å². The zero-order valence-electron chi connectivity index (χ0n) is 15.9. The molecular weight excluding hydrogens is 394 g/mol. The fourth-order valence-electron chi connectivity index (χ4n) is 3.11. The maximum Gasteiger partial charge on any atom is 0.352 e. The first-order valence-corrected chi connectivity index (χ1v) is 9.06. The molecule has 0 amide bonds. The van der Waals surface area contributed by atoms with Crippen molar-refractivity contribution in [2.75, 3.05) is 18.5 Å². The molecular formula is C21H16F2N4O3. The van der Waals surface area contributed by atoms with E-state index in [0.29, 0.717) is 12.1 Å². The molecule has 2 aromatic carbocycles. The Balaban J connectivity index is 1.50. The number of ether oxygens (including phenoxy) is 2. The van der Waals surface area contributed by atoms with Crippen molar-refractivity contribution in [3.63, 3.8) is 0 Å². The average Bonchev–Trinajstić information content (AvgIpc) is 3.11.